The van der Waals surface area contributed by atoms with Gasteiger partial charge in [-0.3, -0.25) is 10.1 Å². The lowest BCUT2D eigenvalue weighted by Crippen LogP contribution is -1.98. The summed E-state index contributed by atoms with van der Waals surface area (Å²) in [5.74, 6) is 0.597. The van der Waals surface area contributed by atoms with E-state index in [1.807, 2.05) is 0 Å². The van der Waals surface area contributed by atoms with Gasteiger partial charge in [-0.05, 0) is 35.4 Å². The van der Waals surface area contributed by atoms with Crippen molar-refractivity contribution >= 4 is 6.08 Å². The smallest absolute Gasteiger partial charge is 0.235 e. The molecule has 0 aliphatic rings. The third-order valence-corrected chi connectivity index (χ3v) is 2.86. The Morgan fingerprint density at radius 1 is 1.23 bits per heavy atom. The van der Waals surface area contributed by atoms with E-state index in [0.717, 1.165) is 6.20 Å². The van der Waals surface area contributed by atoms with Crippen LogP contribution in [-0.2, 0) is 6.61 Å². The third kappa shape index (κ3) is 4.31. The Kier molecular flexibility index (Phi) is 5.08. The fourth-order valence-corrected chi connectivity index (χ4v) is 1.84. The zero-order valence-corrected chi connectivity index (χ0v) is 11.9. The van der Waals surface area contributed by atoms with Gasteiger partial charge >= 0.3 is 0 Å². The Balaban J connectivity index is 2.12. The van der Waals surface area contributed by atoms with E-state index in [0.29, 0.717) is 22.6 Å². The van der Waals surface area contributed by atoms with Crippen LogP contribution in [0.2, 0.25) is 0 Å². The highest BCUT2D eigenvalue weighted by molar-refractivity contribution is 5.55. The van der Waals surface area contributed by atoms with Crippen LogP contribution < -0.4 is 9.47 Å². The van der Waals surface area contributed by atoms with E-state index in [9.17, 15) is 14.5 Å². The minimum atomic E-state index is -0.541. The number of hydrogen-bond acceptors (Lipinski definition) is 4. The molecule has 22 heavy (non-hydrogen) atoms. The molecule has 114 valence electrons. The highest BCUT2D eigenvalue weighted by Crippen LogP contribution is 2.29. The monoisotopic (exact) mass is 303 g/mol. The predicted octanol–water partition coefficient (Wildman–Crippen LogP) is 3.66. The molecule has 0 aliphatic heterocycles. The fraction of sp³-hybridized carbons (Fsp3) is 0.125. The van der Waals surface area contributed by atoms with Crippen molar-refractivity contribution in [1.82, 2.24) is 0 Å². The molecular formula is C16H14FNO4. The second kappa shape index (κ2) is 7.21. The van der Waals surface area contributed by atoms with Gasteiger partial charge in [0.25, 0.3) is 0 Å². The Morgan fingerprint density at radius 3 is 2.73 bits per heavy atom. The molecule has 5 nitrogen and oxygen atoms in total. The molecule has 0 unspecified atom stereocenters. The number of hydrogen-bond donors (Lipinski definition) is 0. The zero-order chi connectivity index (χ0) is 15.9. The normalized spacial score (nSPS) is 10.6. The zero-order valence-electron chi connectivity index (χ0n) is 11.9. The molecule has 0 N–H and O–H groups in total. The van der Waals surface area contributed by atoms with Gasteiger partial charge in [0.2, 0.25) is 6.20 Å². The van der Waals surface area contributed by atoms with Crippen LogP contribution >= 0.6 is 0 Å². The fourth-order valence-electron chi connectivity index (χ4n) is 1.84. The van der Waals surface area contributed by atoms with E-state index in [1.54, 1.807) is 30.3 Å². The van der Waals surface area contributed by atoms with Crippen LogP contribution in [0.25, 0.3) is 6.08 Å². The van der Waals surface area contributed by atoms with Crippen LogP contribution in [0.4, 0.5) is 4.39 Å². The van der Waals surface area contributed by atoms with Crippen LogP contribution in [0.15, 0.2) is 48.7 Å². The lowest BCUT2D eigenvalue weighted by Gasteiger charge is -2.11. The average molecular weight is 303 g/mol. The van der Waals surface area contributed by atoms with Crippen LogP contribution in [0.3, 0.4) is 0 Å². The van der Waals surface area contributed by atoms with Crippen LogP contribution in [0.1, 0.15) is 11.1 Å². The SMILES string of the molecule is COc1cc(C=C[N+](=O)[O-])ccc1OCc1cccc(F)c1. The number of benzene rings is 2. The van der Waals surface area contributed by atoms with Crippen molar-refractivity contribution in [3.63, 3.8) is 0 Å². The first-order chi connectivity index (χ1) is 10.6. The summed E-state index contributed by atoms with van der Waals surface area (Å²) in [6.07, 6.45) is 2.21. The standard InChI is InChI=1S/C16H14FNO4/c1-21-16-10-12(7-8-18(19)20)5-6-15(16)22-11-13-3-2-4-14(17)9-13/h2-10H,11H2,1H3. The molecule has 0 radical (unpaired) electrons. The maximum absolute atomic E-state index is 13.1. The van der Waals surface area contributed by atoms with Gasteiger partial charge in [0.15, 0.2) is 11.5 Å². The van der Waals surface area contributed by atoms with Gasteiger partial charge in [-0.25, -0.2) is 4.39 Å². The van der Waals surface area contributed by atoms with Crippen molar-refractivity contribution < 1.29 is 18.8 Å². The topological polar surface area (TPSA) is 61.6 Å². The van der Waals surface area contributed by atoms with Crippen molar-refractivity contribution in [3.8, 4) is 11.5 Å². The third-order valence-electron chi connectivity index (χ3n) is 2.86. The van der Waals surface area contributed by atoms with E-state index < -0.39 is 4.92 Å². The van der Waals surface area contributed by atoms with Crippen molar-refractivity contribution in [3.05, 3.63) is 75.7 Å². The first-order valence-electron chi connectivity index (χ1n) is 6.45. The van der Waals surface area contributed by atoms with Gasteiger partial charge in [-0.1, -0.05) is 18.2 Å². The van der Waals surface area contributed by atoms with Crippen LogP contribution in [-0.4, -0.2) is 12.0 Å². The molecule has 6 heteroatoms. The first-order valence-corrected chi connectivity index (χ1v) is 6.45. The minimum Gasteiger partial charge on any atom is -0.493 e. The molecule has 0 fully saturated rings. The summed E-state index contributed by atoms with van der Waals surface area (Å²) in [7, 11) is 1.48. The van der Waals surface area contributed by atoms with E-state index >= 15 is 0 Å². The van der Waals surface area contributed by atoms with Crippen molar-refractivity contribution in [2.75, 3.05) is 7.11 Å². The van der Waals surface area contributed by atoms with Gasteiger partial charge in [0.1, 0.15) is 12.4 Å². The molecule has 2 aromatic carbocycles. The van der Waals surface area contributed by atoms with E-state index in [1.165, 1.54) is 25.3 Å². The highest BCUT2D eigenvalue weighted by atomic mass is 19.1. The molecule has 0 heterocycles. The van der Waals surface area contributed by atoms with Gasteiger partial charge in [-0.2, -0.15) is 0 Å². The Morgan fingerprint density at radius 2 is 2.05 bits per heavy atom. The molecule has 0 saturated carbocycles. The maximum Gasteiger partial charge on any atom is 0.235 e. The Hall–Kier alpha value is -2.89. The molecule has 0 saturated heterocycles. The summed E-state index contributed by atoms with van der Waals surface area (Å²) in [6.45, 7) is 0.193. The largest absolute Gasteiger partial charge is 0.493 e. The van der Waals surface area contributed by atoms with Crippen molar-refractivity contribution in [2.45, 2.75) is 6.61 Å². The van der Waals surface area contributed by atoms with Gasteiger partial charge in [-0.15, -0.1) is 0 Å². The van der Waals surface area contributed by atoms with E-state index in [-0.39, 0.29) is 12.4 Å². The summed E-state index contributed by atoms with van der Waals surface area (Å²) in [5, 5.41) is 10.3. The summed E-state index contributed by atoms with van der Waals surface area (Å²) in [6, 6.07) is 11.1. The predicted molar refractivity (Wildman–Crippen MR) is 79.8 cm³/mol. The molecule has 0 atom stereocenters. The summed E-state index contributed by atoms with van der Waals surface area (Å²) < 4.78 is 23.9. The van der Waals surface area contributed by atoms with Gasteiger partial charge in [0, 0.05) is 6.08 Å². The maximum atomic E-state index is 13.1. The molecule has 0 aromatic heterocycles. The second-order valence-corrected chi connectivity index (χ2v) is 4.43. The van der Waals surface area contributed by atoms with Gasteiger partial charge < -0.3 is 9.47 Å². The number of nitro groups is 1. The summed E-state index contributed by atoms with van der Waals surface area (Å²) in [4.78, 5) is 9.77. The van der Waals surface area contributed by atoms with Gasteiger partial charge in [0.05, 0.1) is 12.0 Å². The molecule has 0 spiro atoms. The summed E-state index contributed by atoms with van der Waals surface area (Å²) >= 11 is 0. The number of ether oxygens (including phenoxy) is 2. The Bertz CT molecular complexity index is 700. The first kappa shape index (κ1) is 15.5. The number of rotatable bonds is 6. The molecular weight excluding hydrogens is 289 g/mol. The average Bonchev–Trinajstić information content (AvgIpc) is 2.51. The lowest BCUT2D eigenvalue weighted by atomic mass is 10.2. The second-order valence-electron chi connectivity index (χ2n) is 4.43. The van der Waals surface area contributed by atoms with Crippen LogP contribution in [0.5, 0.6) is 11.5 Å². The number of nitrogens with zero attached hydrogens (tertiary/aromatic N) is 1. The lowest BCUT2D eigenvalue weighted by molar-refractivity contribution is -0.400. The van der Waals surface area contributed by atoms with E-state index in [4.69, 9.17) is 9.47 Å². The minimum absolute atomic E-state index is 0.193. The number of methoxy groups -OCH3 is 1. The van der Waals surface area contributed by atoms with E-state index in [2.05, 4.69) is 0 Å². The molecule has 0 aliphatic carbocycles. The van der Waals surface area contributed by atoms with Crippen LogP contribution in [0, 0.1) is 15.9 Å². The quantitative estimate of drug-likeness (QED) is 0.603. The Labute approximate surface area is 126 Å². The molecule has 2 aromatic rings. The van der Waals surface area contributed by atoms with Crippen molar-refractivity contribution in [1.29, 1.82) is 0 Å². The van der Waals surface area contributed by atoms with Crippen molar-refractivity contribution in [2.24, 2.45) is 0 Å². The molecule has 2 rings (SSSR count). The molecule has 0 amide bonds. The highest BCUT2D eigenvalue weighted by Gasteiger charge is 2.06. The summed E-state index contributed by atoms with van der Waals surface area (Å²) in [5.41, 5.74) is 1.31. The number of halogens is 1. The molecule has 0 bridgehead atoms.